The molecule has 0 aliphatic heterocycles. The predicted octanol–water partition coefficient (Wildman–Crippen LogP) is 2.99. The van der Waals surface area contributed by atoms with Gasteiger partial charge in [0.2, 0.25) is 0 Å². The fraction of sp³-hybridized carbons (Fsp3) is 0.533. The zero-order valence-corrected chi connectivity index (χ0v) is 11.7. The Morgan fingerprint density at radius 2 is 2.06 bits per heavy atom. The first-order valence-electron chi connectivity index (χ1n) is 6.47. The first-order chi connectivity index (χ1) is 8.54. The van der Waals surface area contributed by atoms with E-state index in [1.807, 2.05) is 25.1 Å². The molecule has 100 valence electrons. The Bertz CT molecular complexity index is 409. The lowest BCUT2D eigenvalue weighted by molar-refractivity contribution is 0.0921. The van der Waals surface area contributed by atoms with Gasteiger partial charge in [-0.2, -0.15) is 0 Å². The smallest absolute Gasteiger partial charge is 0.167 e. The molecule has 3 nitrogen and oxygen atoms in total. The maximum atomic E-state index is 12.3. The number of rotatable bonds is 6. The van der Waals surface area contributed by atoms with Crippen molar-refractivity contribution in [2.45, 2.75) is 33.1 Å². The van der Waals surface area contributed by atoms with Gasteiger partial charge in [0, 0.05) is 18.0 Å². The normalized spacial score (nSPS) is 12.6. The lowest BCUT2D eigenvalue weighted by Crippen LogP contribution is -2.23. The summed E-state index contributed by atoms with van der Waals surface area (Å²) < 4.78 is 5.32. The van der Waals surface area contributed by atoms with Crippen molar-refractivity contribution in [2.24, 2.45) is 11.7 Å². The Labute approximate surface area is 109 Å². The molecule has 0 fully saturated rings. The molecule has 1 aromatic carbocycles. The van der Waals surface area contributed by atoms with E-state index in [2.05, 4.69) is 13.8 Å². The van der Waals surface area contributed by atoms with E-state index < -0.39 is 0 Å². The summed E-state index contributed by atoms with van der Waals surface area (Å²) in [5.41, 5.74) is 7.43. The van der Waals surface area contributed by atoms with Gasteiger partial charge in [0.1, 0.15) is 5.75 Å². The Kier molecular flexibility index (Phi) is 5.35. The molecule has 0 aliphatic carbocycles. The lowest BCUT2D eigenvalue weighted by Gasteiger charge is -2.15. The van der Waals surface area contributed by atoms with E-state index in [1.54, 1.807) is 7.11 Å². The second-order valence-electron chi connectivity index (χ2n) is 4.82. The van der Waals surface area contributed by atoms with Crippen molar-refractivity contribution in [1.29, 1.82) is 0 Å². The van der Waals surface area contributed by atoms with Crippen LogP contribution in [-0.4, -0.2) is 19.4 Å². The molecule has 0 aliphatic rings. The van der Waals surface area contributed by atoms with E-state index in [-0.39, 0.29) is 11.7 Å². The van der Waals surface area contributed by atoms with Crippen LogP contribution in [0.15, 0.2) is 18.2 Å². The molecule has 0 saturated heterocycles. The summed E-state index contributed by atoms with van der Waals surface area (Å²) >= 11 is 0. The molecule has 3 heteroatoms. The van der Waals surface area contributed by atoms with Gasteiger partial charge in [-0.3, -0.25) is 4.79 Å². The highest BCUT2D eigenvalue weighted by molar-refractivity contribution is 5.98. The van der Waals surface area contributed by atoms with Crippen LogP contribution in [0, 0.1) is 5.92 Å². The highest BCUT2D eigenvalue weighted by Gasteiger charge is 2.18. The van der Waals surface area contributed by atoms with Crippen LogP contribution in [0.2, 0.25) is 0 Å². The van der Waals surface area contributed by atoms with Gasteiger partial charge in [0.15, 0.2) is 5.78 Å². The molecule has 1 unspecified atom stereocenters. The van der Waals surface area contributed by atoms with Crippen molar-refractivity contribution in [1.82, 2.24) is 0 Å². The first-order valence-corrected chi connectivity index (χ1v) is 6.47. The molecule has 0 bridgehead atoms. The molecule has 0 heterocycles. The van der Waals surface area contributed by atoms with E-state index in [4.69, 9.17) is 10.5 Å². The minimum atomic E-state index is -0.0848. The third-order valence-corrected chi connectivity index (χ3v) is 3.28. The topological polar surface area (TPSA) is 52.3 Å². The van der Waals surface area contributed by atoms with E-state index >= 15 is 0 Å². The molecule has 1 aromatic rings. The zero-order chi connectivity index (χ0) is 13.7. The monoisotopic (exact) mass is 249 g/mol. The summed E-state index contributed by atoms with van der Waals surface area (Å²) in [4.78, 5) is 12.3. The van der Waals surface area contributed by atoms with Crippen molar-refractivity contribution in [3.05, 3.63) is 29.3 Å². The fourth-order valence-electron chi connectivity index (χ4n) is 2.03. The van der Waals surface area contributed by atoms with Gasteiger partial charge in [0.25, 0.3) is 0 Å². The van der Waals surface area contributed by atoms with Crippen LogP contribution < -0.4 is 10.5 Å². The van der Waals surface area contributed by atoms with Crippen LogP contribution in [0.4, 0.5) is 0 Å². The number of hydrogen-bond acceptors (Lipinski definition) is 3. The van der Waals surface area contributed by atoms with Crippen molar-refractivity contribution in [2.75, 3.05) is 13.7 Å². The average Bonchev–Trinajstić information content (AvgIpc) is 2.39. The standard InChI is InChI=1S/C15H23NO2/c1-5-11(9-16)15(17)12-6-7-14(18-4)13(8-12)10(2)3/h6-8,10-11H,5,9,16H2,1-4H3. The van der Waals surface area contributed by atoms with Crippen molar-refractivity contribution < 1.29 is 9.53 Å². The van der Waals surface area contributed by atoms with Gasteiger partial charge in [-0.05, 0) is 36.1 Å². The minimum Gasteiger partial charge on any atom is -0.496 e. The number of ether oxygens (including phenoxy) is 1. The molecule has 0 aromatic heterocycles. The summed E-state index contributed by atoms with van der Waals surface area (Å²) in [5, 5.41) is 0. The largest absolute Gasteiger partial charge is 0.496 e. The molecule has 0 radical (unpaired) electrons. The van der Waals surface area contributed by atoms with Crippen LogP contribution in [0.5, 0.6) is 5.75 Å². The number of carbonyl (C=O) groups excluding carboxylic acids is 1. The number of hydrogen-bond donors (Lipinski definition) is 1. The summed E-state index contributed by atoms with van der Waals surface area (Å²) in [6.45, 7) is 6.57. The Balaban J connectivity index is 3.11. The van der Waals surface area contributed by atoms with Crippen LogP contribution in [0.3, 0.4) is 0 Å². The van der Waals surface area contributed by atoms with Crippen LogP contribution >= 0.6 is 0 Å². The predicted molar refractivity (Wildman–Crippen MR) is 74.2 cm³/mol. The maximum absolute atomic E-state index is 12.3. The molecule has 1 atom stereocenters. The summed E-state index contributed by atoms with van der Waals surface area (Å²) in [6.07, 6.45) is 0.776. The number of benzene rings is 1. The second kappa shape index (κ2) is 6.55. The number of Topliss-reactive ketones (excluding diaryl/α,β-unsaturated/α-hetero) is 1. The fourth-order valence-corrected chi connectivity index (χ4v) is 2.03. The molecular weight excluding hydrogens is 226 g/mol. The van der Waals surface area contributed by atoms with Gasteiger partial charge in [-0.25, -0.2) is 0 Å². The quantitative estimate of drug-likeness (QED) is 0.788. The van der Waals surface area contributed by atoms with Crippen molar-refractivity contribution >= 4 is 5.78 Å². The summed E-state index contributed by atoms with van der Waals surface area (Å²) in [7, 11) is 1.65. The van der Waals surface area contributed by atoms with Crippen molar-refractivity contribution in [3.63, 3.8) is 0 Å². The van der Waals surface area contributed by atoms with Gasteiger partial charge >= 0.3 is 0 Å². The SMILES string of the molecule is CCC(CN)C(=O)c1ccc(OC)c(C(C)C)c1. The third-order valence-electron chi connectivity index (χ3n) is 3.28. The molecule has 18 heavy (non-hydrogen) atoms. The molecule has 0 spiro atoms. The molecular formula is C15H23NO2. The van der Waals surface area contributed by atoms with Gasteiger partial charge in [-0.15, -0.1) is 0 Å². The van der Waals surface area contributed by atoms with Crippen LogP contribution in [0.25, 0.3) is 0 Å². The third kappa shape index (κ3) is 3.10. The zero-order valence-electron chi connectivity index (χ0n) is 11.7. The number of carbonyl (C=O) groups is 1. The van der Waals surface area contributed by atoms with E-state index in [0.717, 1.165) is 23.3 Å². The number of methoxy groups -OCH3 is 1. The Hall–Kier alpha value is -1.35. The Morgan fingerprint density at radius 1 is 1.39 bits per heavy atom. The first kappa shape index (κ1) is 14.7. The second-order valence-corrected chi connectivity index (χ2v) is 4.82. The average molecular weight is 249 g/mol. The minimum absolute atomic E-state index is 0.0848. The van der Waals surface area contributed by atoms with E-state index in [0.29, 0.717) is 12.5 Å². The van der Waals surface area contributed by atoms with Crippen LogP contribution in [0.1, 0.15) is 49.0 Å². The maximum Gasteiger partial charge on any atom is 0.167 e. The molecule has 0 saturated carbocycles. The summed E-state index contributed by atoms with van der Waals surface area (Å²) in [5.74, 6) is 1.20. The molecule has 1 rings (SSSR count). The molecule has 2 N–H and O–H groups in total. The number of ketones is 1. The number of nitrogens with two attached hydrogens (primary N) is 1. The highest BCUT2D eigenvalue weighted by atomic mass is 16.5. The van der Waals surface area contributed by atoms with Gasteiger partial charge in [-0.1, -0.05) is 20.8 Å². The highest BCUT2D eigenvalue weighted by Crippen LogP contribution is 2.28. The van der Waals surface area contributed by atoms with Gasteiger partial charge in [0.05, 0.1) is 7.11 Å². The lowest BCUT2D eigenvalue weighted by atomic mass is 9.92. The van der Waals surface area contributed by atoms with Crippen LogP contribution in [-0.2, 0) is 0 Å². The van der Waals surface area contributed by atoms with E-state index in [9.17, 15) is 4.79 Å². The molecule has 0 amide bonds. The van der Waals surface area contributed by atoms with Crippen molar-refractivity contribution in [3.8, 4) is 5.75 Å². The summed E-state index contributed by atoms with van der Waals surface area (Å²) in [6, 6.07) is 5.63. The Morgan fingerprint density at radius 3 is 2.50 bits per heavy atom. The van der Waals surface area contributed by atoms with Gasteiger partial charge < -0.3 is 10.5 Å². The van der Waals surface area contributed by atoms with E-state index in [1.165, 1.54) is 0 Å².